The summed E-state index contributed by atoms with van der Waals surface area (Å²) in [5.74, 6) is 1.88. The van der Waals surface area contributed by atoms with Crippen molar-refractivity contribution in [1.29, 1.82) is 0 Å². The molecule has 0 radical (unpaired) electrons. The molecule has 1 nitrogen and oxygen atoms in total. The zero-order valence-corrected chi connectivity index (χ0v) is 11.7. The molecule has 0 aromatic heterocycles. The van der Waals surface area contributed by atoms with Gasteiger partial charge in [0.25, 0.3) is 0 Å². The molecule has 1 aromatic carbocycles. The van der Waals surface area contributed by atoms with Crippen LogP contribution in [0.2, 0.25) is 0 Å². The monoisotopic (exact) mass is 287 g/mol. The summed E-state index contributed by atoms with van der Waals surface area (Å²) in [6.45, 7) is 5.21. The van der Waals surface area contributed by atoms with Crippen LogP contribution in [0.15, 0.2) is 27.6 Å². The highest BCUT2D eigenvalue weighted by atomic mass is 79.9. The first-order chi connectivity index (χ1) is 7.13. The molecule has 0 aliphatic heterocycles. The van der Waals surface area contributed by atoms with Gasteiger partial charge in [-0.3, -0.25) is 0 Å². The molecule has 0 unspecified atom stereocenters. The van der Waals surface area contributed by atoms with Gasteiger partial charge in [0.05, 0.1) is 0 Å². The molecular weight excluding hydrogens is 270 g/mol. The lowest BCUT2D eigenvalue weighted by Crippen LogP contribution is -2.04. The molecule has 3 heteroatoms. The van der Waals surface area contributed by atoms with Gasteiger partial charge in [-0.1, -0.05) is 35.8 Å². The van der Waals surface area contributed by atoms with E-state index in [1.165, 1.54) is 10.5 Å². The Morgan fingerprint density at radius 2 is 2.13 bits per heavy atom. The standard InChI is InChI=1S/C12H18BrNS/c1-9(2)8-15-12-7-11(13)4-3-10(12)5-6-14/h3-4,7,9H,5-6,8,14H2,1-2H3. The molecule has 1 rings (SSSR count). The lowest BCUT2D eigenvalue weighted by molar-refractivity contribution is 0.750. The van der Waals surface area contributed by atoms with Gasteiger partial charge in [-0.05, 0) is 36.6 Å². The van der Waals surface area contributed by atoms with Crippen molar-refractivity contribution in [2.75, 3.05) is 12.3 Å². The number of rotatable bonds is 5. The lowest BCUT2D eigenvalue weighted by Gasteiger charge is -2.10. The summed E-state index contributed by atoms with van der Waals surface area (Å²) in [7, 11) is 0. The number of benzene rings is 1. The van der Waals surface area contributed by atoms with E-state index in [0.717, 1.165) is 29.1 Å². The third-order valence-electron chi connectivity index (χ3n) is 2.02. The molecule has 0 heterocycles. The van der Waals surface area contributed by atoms with Gasteiger partial charge in [-0.2, -0.15) is 0 Å². The van der Waals surface area contributed by atoms with Gasteiger partial charge in [0.1, 0.15) is 0 Å². The Bertz CT molecular complexity index is 312. The van der Waals surface area contributed by atoms with E-state index >= 15 is 0 Å². The van der Waals surface area contributed by atoms with E-state index in [1.807, 2.05) is 11.8 Å². The number of thioether (sulfide) groups is 1. The van der Waals surface area contributed by atoms with Gasteiger partial charge in [0.2, 0.25) is 0 Å². The topological polar surface area (TPSA) is 26.0 Å². The third kappa shape index (κ3) is 4.58. The molecular formula is C12H18BrNS. The van der Waals surface area contributed by atoms with Gasteiger partial charge in [0.15, 0.2) is 0 Å². The van der Waals surface area contributed by atoms with Gasteiger partial charge in [0, 0.05) is 15.1 Å². The number of nitrogens with two attached hydrogens (primary N) is 1. The van der Waals surface area contributed by atoms with Gasteiger partial charge in [-0.25, -0.2) is 0 Å². The second-order valence-corrected chi connectivity index (χ2v) is 5.97. The van der Waals surface area contributed by atoms with Gasteiger partial charge < -0.3 is 5.73 Å². The summed E-state index contributed by atoms with van der Waals surface area (Å²) in [6.07, 6.45) is 0.966. The van der Waals surface area contributed by atoms with E-state index in [-0.39, 0.29) is 0 Å². The summed E-state index contributed by atoms with van der Waals surface area (Å²) in [6, 6.07) is 6.45. The average Bonchev–Trinajstić information content (AvgIpc) is 2.18. The zero-order chi connectivity index (χ0) is 11.3. The fraction of sp³-hybridized carbons (Fsp3) is 0.500. The highest BCUT2D eigenvalue weighted by Crippen LogP contribution is 2.28. The Kier molecular flexibility index (Phi) is 5.72. The molecule has 0 saturated heterocycles. The first-order valence-corrected chi connectivity index (χ1v) is 7.02. The Hall–Kier alpha value is 0.01000. The minimum Gasteiger partial charge on any atom is -0.330 e. The van der Waals surface area contributed by atoms with E-state index < -0.39 is 0 Å². The normalized spacial score (nSPS) is 11.0. The molecule has 0 spiro atoms. The maximum Gasteiger partial charge on any atom is 0.0186 e. The number of hydrogen-bond donors (Lipinski definition) is 1. The van der Waals surface area contributed by atoms with E-state index in [0.29, 0.717) is 0 Å². The number of hydrogen-bond acceptors (Lipinski definition) is 2. The summed E-state index contributed by atoms with van der Waals surface area (Å²) in [4.78, 5) is 1.36. The molecule has 0 fully saturated rings. The van der Waals surface area contributed by atoms with Crippen LogP contribution in [0.25, 0.3) is 0 Å². The van der Waals surface area contributed by atoms with Gasteiger partial charge >= 0.3 is 0 Å². The Balaban J connectivity index is 2.77. The fourth-order valence-corrected chi connectivity index (χ4v) is 2.87. The van der Waals surface area contributed by atoms with Crippen molar-refractivity contribution in [3.63, 3.8) is 0 Å². The van der Waals surface area contributed by atoms with Crippen LogP contribution < -0.4 is 5.73 Å². The van der Waals surface area contributed by atoms with E-state index in [1.54, 1.807) is 0 Å². The smallest absolute Gasteiger partial charge is 0.0186 e. The summed E-state index contributed by atoms with van der Waals surface area (Å²) < 4.78 is 1.15. The maximum atomic E-state index is 5.60. The summed E-state index contributed by atoms with van der Waals surface area (Å²) >= 11 is 5.43. The van der Waals surface area contributed by atoms with Crippen LogP contribution in [0.4, 0.5) is 0 Å². The zero-order valence-electron chi connectivity index (χ0n) is 9.29. The summed E-state index contributed by atoms with van der Waals surface area (Å²) in [5, 5.41) is 0. The second-order valence-electron chi connectivity index (χ2n) is 4.00. The molecule has 0 atom stereocenters. The molecule has 0 bridgehead atoms. The van der Waals surface area contributed by atoms with Gasteiger partial charge in [-0.15, -0.1) is 11.8 Å². The van der Waals surface area contributed by atoms with Crippen molar-refractivity contribution < 1.29 is 0 Å². The molecule has 0 aliphatic rings. The van der Waals surface area contributed by atoms with Crippen LogP contribution in [0.3, 0.4) is 0 Å². The Morgan fingerprint density at radius 1 is 1.40 bits per heavy atom. The van der Waals surface area contributed by atoms with E-state index in [9.17, 15) is 0 Å². The minimum atomic E-state index is 0.719. The predicted octanol–water partition coefficient (Wildman–Crippen LogP) is 3.70. The predicted molar refractivity (Wildman–Crippen MR) is 72.5 cm³/mol. The molecule has 0 amide bonds. The SMILES string of the molecule is CC(C)CSc1cc(Br)ccc1CCN. The van der Waals surface area contributed by atoms with Crippen LogP contribution in [0.1, 0.15) is 19.4 Å². The van der Waals surface area contributed by atoms with Crippen molar-refractivity contribution in [2.45, 2.75) is 25.2 Å². The lowest BCUT2D eigenvalue weighted by atomic mass is 10.1. The second kappa shape index (κ2) is 6.56. The maximum absolute atomic E-state index is 5.60. The van der Waals surface area contributed by atoms with E-state index in [4.69, 9.17) is 5.73 Å². The van der Waals surface area contributed by atoms with Crippen molar-refractivity contribution >= 4 is 27.7 Å². The molecule has 0 saturated carbocycles. The van der Waals surface area contributed by atoms with Crippen LogP contribution in [0, 0.1) is 5.92 Å². The van der Waals surface area contributed by atoms with Crippen LogP contribution in [0.5, 0.6) is 0 Å². The molecule has 2 N–H and O–H groups in total. The third-order valence-corrected chi connectivity index (χ3v) is 4.03. The average molecular weight is 288 g/mol. The molecule has 1 aromatic rings. The Labute approximate surface area is 105 Å². The van der Waals surface area contributed by atoms with Crippen molar-refractivity contribution in [3.8, 4) is 0 Å². The molecule has 15 heavy (non-hydrogen) atoms. The highest BCUT2D eigenvalue weighted by molar-refractivity contribution is 9.10. The highest BCUT2D eigenvalue weighted by Gasteiger charge is 2.04. The minimum absolute atomic E-state index is 0.719. The molecule has 84 valence electrons. The Morgan fingerprint density at radius 3 is 2.73 bits per heavy atom. The quantitative estimate of drug-likeness (QED) is 0.836. The first kappa shape index (κ1) is 13.1. The molecule has 0 aliphatic carbocycles. The number of halogens is 1. The fourth-order valence-electron chi connectivity index (χ4n) is 1.28. The van der Waals surface area contributed by atoms with Crippen molar-refractivity contribution in [2.24, 2.45) is 11.7 Å². The first-order valence-electron chi connectivity index (χ1n) is 5.24. The van der Waals surface area contributed by atoms with Crippen LogP contribution in [-0.2, 0) is 6.42 Å². The largest absolute Gasteiger partial charge is 0.330 e. The van der Waals surface area contributed by atoms with Crippen molar-refractivity contribution in [3.05, 3.63) is 28.2 Å². The van der Waals surface area contributed by atoms with Crippen LogP contribution in [-0.4, -0.2) is 12.3 Å². The summed E-state index contributed by atoms with van der Waals surface area (Å²) in [5.41, 5.74) is 6.97. The van der Waals surface area contributed by atoms with Crippen LogP contribution >= 0.6 is 27.7 Å². The van der Waals surface area contributed by atoms with E-state index in [2.05, 4.69) is 48.0 Å². The van der Waals surface area contributed by atoms with Crippen molar-refractivity contribution in [1.82, 2.24) is 0 Å².